The molecule has 2 heteroatoms. The van der Waals surface area contributed by atoms with Crippen LogP contribution in [0.4, 0.5) is 0 Å². The molecule has 0 unspecified atom stereocenters. The number of hydrogen-bond donors (Lipinski definition) is 0. The molecular weight excluding hydrogens is 210 g/mol. The highest BCUT2D eigenvalue weighted by atomic mass is 16.2. The predicted molar refractivity (Wildman–Crippen MR) is 72.9 cm³/mol. The molecule has 0 aliphatic carbocycles. The average Bonchev–Trinajstić information content (AvgIpc) is 2.27. The number of likely N-dealkylation sites (tertiary alicyclic amines) is 1. The van der Waals surface area contributed by atoms with Crippen LogP contribution in [0.25, 0.3) is 0 Å². The molecule has 1 amide bonds. The normalized spacial score (nSPS) is 25.0. The molecule has 0 aromatic carbocycles. The number of nitrogens with zero attached hydrogens (tertiary/aromatic N) is 1. The van der Waals surface area contributed by atoms with Crippen molar-refractivity contribution in [2.45, 2.75) is 65.7 Å². The van der Waals surface area contributed by atoms with Gasteiger partial charge in [0.2, 0.25) is 5.91 Å². The van der Waals surface area contributed by atoms with Crippen LogP contribution >= 0.6 is 0 Å². The van der Waals surface area contributed by atoms with Crippen LogP contribution in [-0.4, -0.2) is 23.9 Å². The lowest BCUT2D eigenvalue weighted by Crippen LogP contribution is -2.42. The summed E-state index contributed by atoms with van der Waals surface area (Å²) >= 11 is 0. The van der Waals surface area contributed by atoms with Crippen molar-refractivity contribution in [3.63, 3.8) is 0 Å². The van der Waals surface area contributed by atoms with E-state index >= 15 is 0 Å². The van der Waals surface area contributed by atoms with Gasteiger partial charge in [-0.25, -0.2) is 0 Å². The minimum atomic E-state index is 0.389. The molecule has 0 bridgehead atoms. The summed E-state index contributed by atoms with van der Waals surface area (Å²) in [6.07, 6.45) is 8.22. The van der Waals surface area contributed by atoms with Gasteiger partial charge in [0.05, 0.1) is 0 Å². The van der Waals surface area contributed by atoms with E-state index in [1.165, 1.54) is 32.1 Å². The predicted octanol–water partition coefficient (Wildman–Crippen LogP) is 3.85. The lowest BCUT2D eigenvalue weighted by atomic mass is 9.91. The largest absolute Gasteiger partial charge is 0.342 e. The van der Waals surface area contributed by atoms with Crippen molar-refractivity contribution in [2.24, 2.45) is 11.8 Å². The Morgan fingerprint density at radius 3 is 2.24 bits per heavy atom. The Hall–Kier alpha value is -0.530. The summed E-state index contributed by atoms with van der Waals surface area (Å²) in [5.74, 6) is 1.76. The molecule has 0 aromatic rings. The Morgan fingerprint density at radius 2 is 1.65 bits per heavy atom. The van der Waals surface area contributed by atoms with Gasteiger partial charge < -0.3 is 4.90 Å². The molecule has 0 radical (unpaired) electrons. The number of rotatable bonds is 6. The smallest absolute Gasteiger partial charge is 0.222 e. The van der Waals surface area contributed by atoms with Gasteiger partial charge in [0.1, 0.15) is 0 Å². The lowest BCUT2D eigenvalue weighted by molar-refractivity contribution is -0.134. The van der Waals surface area contributed by atoms with Crippen molar-refractivity contribution in [3.8, 4) is 0 Å². The van der Waals surface area contributed by atoms with E-state index in [0.29, 0.717) is 17.7 Å². The average molecular weight is 239 g/mol. The van der Waals surface area contributed by atoms with Gasteiger partial charge in [-0.05, 0) is 24.7 Å². The summed E-state index contributed by atoms with van der Waals surface area (Å²) in [4.78, 5) is 14.1. The first-order valence-corrected chi connectivity index (χ1v) is 7.41. The van der Waals surface area contributed by atoms with E-state index in [1.807, 2.05) is 0 Å². The molecule has 2 atom stereocenters. The molecule has 0 aromatic heterocycles. The molecule has 1 aliphatic heterocycles. The highest BCUT2D eigenvalue weighted by Gasteiger charge is 2.24. The maximum atomic E-state index is 12.0. The molecule has 1 aliphatic rings. The third-order valence-electron chi connectivity index (χ3n) is 3.72. The Bertz CT molecular complexity index is 217. The second kappa shape index (κ2) is 7.73. The summed E-state index contributed by atoms with van der Waals surface area (Å²) < 4.78 is 0. The topological polar surface area (TPSA) is 20.3 Å². The third kappa shape index (κ3) is 5.56. The first-order valence-electron chi connectivity index (χ1n) is 7.41. The highest BCUT2D eigenvalue weighted by Crippen LogP contribution is 2.21. The van der Waals surface area contributed by atoms with E-state index in [-0.39, 0.29) is 0 Å². The monoisotopic (exact) mass is 239 g/mol. The number of carbonyl (C=O) groups is 1. The maximum Gasteiger partial charge on any atom is 0.222 e. The SMILES string of the molecule is CCCCCCCC(=O)N1C[C@@H](C)C[C@H](C)C1. The molecule has 2 nitrogen and oxygen atoms in total. The zero-order valence-corrected chi connectivity index (χ0v) is 11.9. The quantitative estimate of drug-likeness (QED) is 0.645. The zero-order chi connectivity index (χ0) is 12.7. The van der Waals surface area contributed by atoms with Gasteiger partial charge in [0.25, 0.3) is 0 Å². The number of unbranched alkanes of at least 4 members (excludes halogenated alkanes) is 4. The van der Waals surface area contributed by atoms with Crippen molar-refractivity contribution >= 4 is 5.91 Å². The van der Waals surface area contributed by atoms with Crippen LogP contribution in [0.15, 0.2) is 0 Å². The third-order valence-corrected chi connectivity index (χ3v) is 3.72. The molecular formula is C15H29NO. The number of piperidine rings is 1. The van der Waals surface area contributed by atoms with Crippen LogP contribution in [0.2, 0.25) is 0 Å². The molecule has 100 valence electrons. The number of hydrogen-bond acceptors (Lipinski definition) is 1. The maximum absolute atomic E-state index is 12.0. The number of carbonyl (C=O) groups excluding carboxylic acids is 1. The van der Waals surface area contributed by atoms with Crippen LogP contribution in [0.3, 0.4) is 0 Å². The molecule has 17 heavy (non-hydrogen) atoms. The Balaban J connectivity index is 2.18. The van der Waals surface area contributed by atoms with Crippen molar-refractivity contribution < 1.29 is 4.79 Å². The minimum absolute atomic E-state index is 0.389. The Morgan fingerprint density at radius 1 is 1.06 bits per heavy atom. The van der Waals surface area contributed by atoms with E-state index in [0.717, 1.165) is 25.9 Å². The molecule has 0 N–H and O–H groups in total. The molecule has 0 saturated carbocycles. The van der Waals surface area contributed by atoms with Gasteiger partial charge in [0.15, 0.2) is 0 Å². The minimum Gasteiger partial charge on any atom is -0.342 e. The van der Waals surface area contributed by atoms with E-state index < -0.39 is 0 Å². The molecule has 1 heterocycles. The lowest BCUT2D eigenvalue weighted by Gasteiger charge is -2.35. The van der Waals surface area contributed by atoms with Crippen LogP contribution in [0.1, 0.15) is 65.7 Å². The zero-order valence-electron chi connectivity index (χ0n) is 11.9. The van der Waals surface area contributed by atoms with Gasteiger partial charge in [-0.15, -0.1) is 0 Å². The highest BCUT2D eigenvalue weighted by molar-refractivity contribution is 5.76. The summed E-state index contributed by atoms with van der Waals surface area (Å²) in [5.41, 5.74) is 0. The molecule has 1 fully saturated rings. The van der Waals surface area contributed by atoms with E-state index in [2.05, 4.69) is 25.7 Å². The van der Waals surface area contributed by atoms with E-state index in [4.69, 9.17) is 0 Å². The Kier molecular flexibility index (Phi) is 6.61. The van der Waals surface area contributed by atoms with Crippen LogP contribution in [-0.2, 0) is 4.79 Å². The second-order valence-electron chi connectivity index (χ2n) is 5.91. The van der Waals surface area contributed by atoms with Gasteiger partial charge in [0, 0.05) is 19.5 Å². The van der Waals surface area contributed by atoms with E-state index in [9.17, 15) is 4.79 Å². The van der Waals surface area contributed by atoms with Crippen LogP contribution < -0.4 is 0 Å². The summed E-state index contributed by atoms with van der Waals surface area (Å²) in [6.45, 7) is 8.71. The standard InChI is InChI=1S/C15H29NO/c1-4-5-6-7-8-9-15(17)16-11-13(2)10-14(3)12-16/h13-14H,4-12H2,1-3H3/t13-,14-/m0/s1. The van der Waals surface area contributed by atoms with Crippen molar-refractivity contribution in [3.05, 3.63) is 0 Å². The van der Waals surface area contributed by atoms with Gasteiger partial charge in [-0.3, -0.25) is 4.79 Å². The fourth-order valence-electron chi connectivity index (χ4n) is 2.90. The fraction of sp³-hybridized carbons (Fsp3) is 0.933. The van der Waals surface area contributed by atoms with Crippen LogP contribution in [0.5, 0.6) is 0 Å². The van der Waals surface area contributed by atoms with Crippen molar-refractivity contribution in [2.75, 3.05) is 13.1 Å². The fourth-order valence-corrected chi connectivity index (χ4v) is 2.90. The molecule has 1 rings (SSSR count). The second-order valence-corrected chi connectivity index (χ2v) is 5.91. The summed E-state index contributed by atoms with van der Waals surface area (Å²) in [7, 11) is 0. The summed E-state index contributed by atoms with van der Waals surface area (Å²) in [5, 5.41) is 0. The van der Waals surface area contributed by atoms with E-state index in [1.54, 1.807) is 0 Å². The van der Waals surface area contributed by atoms with Gasteiger partial charge in [-0.1, -0.05) is 46.5 Å². The first-order chi connectivity index (χ1) is 8.13. The van der Waals surface area contributed by atoms with Crippen LogP contribution in [0, 0.1) is 11.8 Å². The molecule has 1 saturated heterocycles. The number of amides is 1. The summed E-state index contributed by atoms with van der Waals surface area (Å²) in [6, 6.07) is 0. The first kappa shape index (κ1) is 14.5. The molecule has 0 spiro atoms. The van der Waals surface area contributed by atoms with Crippen molar-refractivity contribution in [1.82, 2.24) is 4.90 Å². The van der Waals surface area contributed by atoms with Gasteiger partial charge in [-0.2, -0.15) is 0 Å². The van der Waals surface area contributed by atoms with Crippen molar-refractivity contribution in [1.29, 1.82) is 0 Å². The van der Waals surface area contributed by atoms with Gasteiger partial charge >= 0.3 is 0 Å². The Labute approximate surface area is 107 Å².